The SMILES string of the molecule is COc1ncc(Sc2ccc(C(=O)NC3CC4CCC3N4)cc2)s1. The van der Waals surface area contributed by atoms with E-state index in [1.807, 2.05) is 24.3 Å². The molecule has 5 nitrogen and oxygen atoms in total. The Morgan fingerprint density at radius 1 is 1.38 bits per heavy atom. The number of thiazole rings is 1. The van der Waals surface area contributed by atoms with Gasteiger partial charge in [-0.3, -0.25) is 4.79 Å². The number of nitrogens with one attached hydrogen (secondary N) is 2. The number of ether oxygens (including phenoxy) is 1. The van der Waals surface area contributed by atoms with Gasteiger partial charge in [-0.1, -0.05) is 23.1 Å². The normalized spacial score (nSPS) is 25.0. The summed E-state index contributed by atoms with van der Waals surface area (Å²) in [7, 11) is 1.62. The average Bonchev–Trinajstić information content (AvgIpc) is 3.32. The molecular weight excluding hydrogens is 342 g/mol. The van der Waals surface area contributed by atoms with E-state index >= 15 is 0 Å². The first-order valence-electron chi connectivity index (χ1n) is 8.06. The zero-order valence-corrected chi connectivity index (χ0v) is 15.0. The number of rotatable bonds is 5. The van der Waals surface area contributed by atoms with Gasteiger partial charge in [0.1, 0.15) is 0 Å². The quantitative estimate of drug-likeness (QED) is 0.857. The maximum absolute atomic E-state index is 12.4. The van der Waals surface area contributed by atoms with E-state index in [0.717, 1.165) is 15.5 Å². The van der Waals surface area contributed by atoms with Crippen molar-refractivity contribution >= 4 is 29.0 Å². The number of nitrogens with zero attached hydrogens (tertiary/aromatic N) is 1. The van der Waals surface area contributed by atoms with Gasteiger partial charge in [0.15, 0.2) is 0 Å². The lowest BCUT2D eigenvalue weighted by molar-refractivity contribution is 0.0931. The molecule has 0 radical (unpaired) electrons. The van der Waals surface area contributed by atoms with Crippen LogP contribution in [0.5, 0.6) is 5.19 Å². The van der Waals surface area contributed by atoms with Crippen molar-refractivity contribution in [2.24, 2.45) is 0 Å². The van der Waals surface area contributed by atoms with E-state index in [0.29, 0.717) is 22.8 Å². The highest BCUT2D eigenvalue weighted by atomic mass is 32.2. The Hall–Kier alpha value is -1.57. The van der Waals surface area contributed by atoms with Crippen LogP contribution >= 0.6 is 23.1 Å². The van der Waals surface area contributed by atoms with E-state index in [1.165, 1.54) is 24.2 Å². The molecule has 2 aliphatic heterocycles. The summed E-state index contributed by atoms with van der Waals surface area (Å²) in [4.78, 5) is 17.7. The molecule has 3 unspecified atom stereocenters. The van der Waals surface area contributed by atoms with Crippen molar-refractivity contribution in [2.75, 3.05) is 7.11 Å². The fourth-order valence-electron chi connectivity index (χ4n) is 3.41. The molecule has 126 valence electrons. The van der Waals surface area contributed by atoms with Crippen molar-refractivity contribution < 1.29 is 9.53 Å². The van der Waals surface area contributed by atoms with E-state index in [4.69, 9.17) is 4.74 Å². The second kappa shape index (κ2) is 6.74. The van der Waals surface area contributed by atoms with Gasteiger partial charge in [-0.25, -0.2) is 4.98 Å². The molecule has 0 saturated carbocycles. The smallest absolute Gasteiger partial charge is 0.273 e. The molecule has 1 amide bonds. The molecule has 0 spiro atoms. The third-order valence-electron chi connectivity index (χ3n) is 4.59. The Balaban J connectivity index is 1.37. The van der Waals surface area contributed by atoms with Crippen molar-refractivity contribution in [3.63, 3.8) is 0 Å². The molecule has 7 heteroatoms. The summed E-state index contributed by atoms with van der Waals surface area (Å²) in [5.41, 5.74) is 0.712. The molecule has 0 aliphatic carbocycles. The molecule has 3 atom stereocenters. The first kappa shape index (κ1) is 15.9. The lowest BCUT2D eigenvalue weighted by Gasteiger charge is -2.21. The molecule has 1 aromatic heterocycles. The summed E-state index contributed by atoms with van der Waals surface area (Å²) in [5.74, 6) is 0.0189. The predicted molar refractivity (Wildman–Crippen MR) is 95.0 cm³/mol. The lowest BCUT2D eigenvalue weighted by Crippen LogP contribution is -2.42. The van der Waals surface area contributed by atoms with Gasteiger partial charge in [0.05, 0.1) is 17.5 Å². The Morgan fingerprint density at radius 3 is 2.83 bits per heavy atom. The molecule has 2 N–H and O–H groups in total. The number of amides is 1. The number of hydrogen-bond donors (Lipinski definition) is 2. The Morgan fingerprint density at radius 2 is 2.21 bits per heavy atom. The highest BCUT2D eigenvalue weighted by molar-refractivity contribution is 8.01. The van der Waals surface area contributed by atoms with Crippen LogP contribution < -0.4 is 15.4 Å². The molecule has 2 saturated heterocycles. The lowest BCUT2D eigenvalue weighted by atomic mass is 9.95. The molecule has 2 bridgehead atoms. The third kappa shape index (κ3) is 3.29. The fraction of sp³-hybridized carbons (Fsp3) is 0.412. The first-order chi connectivity index (χ1) is 11.7. The van der Waals surface area contributed by atoms with E-state index in [-0.39, 0.29) is 11.9 Å². The van der Waals surface area contributed by atoms with Gasteiger partial charge >= 0.3 is 0 Å². The monoisotopic (exact) mass is 361 g/mol. The minimum Gasteiger partial charge on any atom is -0.473 e. The van der Waals surface area contributed by atoms with Crippen LogP contribution in [0.4, 0.5) is 0 Å². The summed E-state index contributed by atoms with van der Waals surface area (Å²) in [5, 5.41) is 7.38. The summed E-state index contributed by atoms with van der Waals surface area (Å²) in [6, 6.07) is 9.04. The van der Waals surface area contributed by atoms with Gasteiger partial charge in [-0.15, -0.1) is 0 Å². The van der Waals surface area contributed by atoms with Gasteiger partial charge in [0.2, 0.25) is 0 Å². The number of carbonyl (C=O) groups is 1. The van der Waals surface area contributed by atoms with Crippen LogP contribution in [0.25, 0.3) is 0 Å². The number of hydrogen-bond acceptors (Lipinski definition) is 6. The molecule has 2 aliphatic rings. The highest BCUT2D eigenvalue weighted by Crippen LogP contribution is 2.35. The summed E-state index contributed by atoms with van der Waals surface area (Å²) >= 11 is 3.13. The predicted octanol–water partition coefficient (Wildman–Crippen LogP) is 2.93. The Kier molecular flexibility index (Phi) is 4.47. The van der Waals surface area contributed by atoms with E-state index in [2.05, 4.69) is 15.6 Å². The van der Waals surface area contributed by atoms with Gasteiger partial charge in [-0.05, 0) is 43.5 Å². The second-order valence-corrected chi connectivity index (χ2v) is 8.51. The van der Waals surface area contributed by atoms with Crippen molar-refractivity contribution in [2.45, 2.75) is 46.5 Å². The number of fused-ring (bicyclic) bond motifs is 2. The second-order valence-electron chi connectivity index (χ2n) is 6.14. The van der Waals surface area contributed by atoms with Crippen molar-refractivity contribution in [3.05, 3.63) is 36.0 Å². The zero-order valence-electron chi connectivity index (χ0n) is 13.3. The topological polar surface area (TPSA) is 63.2 Å². The molecule has 4 rings (SSSR count). The number of carbonyl (C=O) groups excluding carboxylic acids is 1. The van der Waals surface area contributed by atoms with Crippen LogP contribution in [-0.4, -0.2) is 36.1 Å². The Labute approximate surface area is 149 Å². The Bertz CT molecular complexity index is 732. The van der Waals surface area contributed by atoms with Crippen molar-refractivity contribution in [3.8, 4) is 5.19 Å². The summed E-state index contributed by atoms with van der Waals surface area (Å²) in [6.07, 6.45) is 5.27. The minimum absolute atomic E-state index is 0.0189. The van der Waals surface area contributed by atoms with Crippen LogP contribution in [0.15, 0.2) is 39.6 Å². The molecule has 24 heavy (non-hydrogen) atoms. The fourth-order valence-corrected chi connectivity index (χ4v) is 5.16. The minimum atomic E-state index is 0.0189. The van der Waals surface area contributed by atoms with E-state index in [1.54, 1.807) is 25.1 Å². The van der Waals surface area contributed by atoms with Gasteiger partial charge in [0.25, 0.3) is 11.1 Å². The number of benzene rings is 1. The largest absolute Gasteiger partial charge is 0.473 e. The summed E-state index contributed by atoms with van der Waals surface area (Å²) in [6.45, 7) is 0. The van der Waals surface area contributed by atoms with Crippen molar-refractivity contribution in [1.29, 1.82) is 0 Å². The summed E-state index contributed by atoms with van der Waals surface area (Å²) < 4.78 is 6.17. The van der Waals surface area contributed by atoms with Gasteiger partial charge < -0.3 is 15.4 Å². The zero-order chi connectivity index (χ0) is 16.5. The van der Waals surface area contributed by atoms with E-state index < -0.39 is 0 Å². The molecule has 1 aromatic carbocycles. The maximum Gasteiger partial charge on any atom is 0.273 e. The van der Waals surface area contributed by atoms with Gasteiger partial charge in [-0.2, -0.15) is 0 Å². The molecular formula is C17H19N3O2S2. The number of methoxy groups -OCH3 is 1. The van der Waals surface area contributed by atoms with Crippen LogP contribution in [0.3, 0.4) is 0 Å². The van der Waals surface area contributed by atoms with Crippen molar-refractivity contribution in [1.82, 2.24) is 15.6 Å². The van der Waals surface area contributed by atoms with Crippen LogP contribution in [0.2, 0.25) is 0 Å². The molecule has 2 aromatic rings. The molecule has 3 heterocycles. The average molecular weight is 361 g/mol. The highest BCUT2D eigenvalue weighted by Gasteiger charge is 2.39. The van der Waals surface area contributed by atoms with Crippen LogP contribution in [0.1, 0.15) is 29.6 Å². The number of aromatic nitrogens is 1. The van der Waals surface area contributed by atoms with Gasteiger partial charge in [0, 0.05) is 28.6 Å². The standard InChI is InChI=1S/C17H19N3O2S2/c1-22-17-18-9-15(24-17)23-12-5-2-10(3-6-12)16(21)20-14-8-11-4-7-13(14)19-11/h2-3,5-6,9,11,13-14,19H,4,7-8H2,1H3,(H,20,21). The first-order valence-corrected chi connectivity index (χ1v) is 9.69. The van der Waals surface area contributed by atoms with Crippen LogP contribution in [0, 0.1) is 0 Å². The third-order valence-corrected chi connectivity index (χ3v) is 6.66. The van der Waals surface area contributed by atoms with Crippen LogP contribution in [-0.2, 0) is 0 Å². The molecule has 2 fully saturated rings. The van der Waals surface area contributed by atoms with E-state index in [9.17, 15) is 4.79 Å². The maximum atomic E-state index is 12.4.